The molecule has 0 aromatic heterocycles. The Hall–Kier alpha value is -1.83. The van der Waals surface area contributed by atoms with Gasteiger partial charge in [0, 0.05) is 12.1 Å². The number of rotatable bonds is 5. The van der Waals surface area contributed by atoms with Crippen molar-refractivity contribution in [3.05, 3.63) is 52.6 Å². The van der Waals surface area contributed by atoms with Crippen molar-refractivity contribution in [1.82, 2.24) is 0 Å². The van der Waals surface area contributed by atoms with Gasteiger partial charge in [-0.3, -0.25) is 4.99 Å². The van der Waals surface area contributed by atoms with E-state index in [1.165, 1.54) is 27.8 Å². The maximum Gasteiger partial charge on any atom is 0.212 e. The van der Waals surface area contributed by atoms with Crippen LogP contribution in [-0.2, 0) is 4.74 Å². The fourth-order valence-electron chi connectivity index (χ4n) is 2.80. The molecule has 0 spiro atoms. The molecule has 0 aliphatic heterocycles. The molecule has 0 fully saturated rings. The summed E-state index contributed by atoms with van der Waals surface area (Å²) in [5.74, 6) is 0.840. The second kappa shape index (κ2) is 7.98. The summed E-state index contributed by atoms with van der Waals surface area (Å²) in [6.45, 7) is 9.99. The molecular weight excluding hydrogens is 270 g/mol. The zero-order valence-electron chi connectivity index (χ0n) is 14.3. The van der Waals surface area contributed by atoms with Gasteiger partial charge in [0.2, 0.25) is 5.90 Å². The molecule has 0 amide bonds. The molecule has 0 N–H and O–H groups in total. The highest BCUT2D eigenvalue weighted by atomic mass is 16.5. The van der Waals surface area contributed by atoms with Gasteiger partial charge in [-0.15, -0.1) is 0 Å². The van der Waals surface area contributed by atoms with E-state index in [9.17, 15) is 0 Å². The van der Waals surface area contributed by atoms with Crippen molar-refractivity contribution in [2.24, 2.45) is 4.99 Å². The van der Waals surface area contributed by atoms with Crippen molar-refractivity contribution in [2.75, 3.05) is 13.2 Å². The molecular formula is C20H27NO. The van der Waals surface area contributed by atoms with Crippen LogP contribution in [0.15, 0.2) is 46.5 Å². The molecule has 0 heterocycles. The summed E-state index contributed by atoms with van der Waals surface area (Å²) in [7, 11) is 0. The number of hydrogen-bond donors (Lipinski definition) is 0. The van der Waals surface area contributed by atoms with Crippen molar-refractivity contribution in [3.63, 3.8) is 0 Å². The first-order chi connectivity index (χ1) is 10.7. The van der Waals surface area contributed by atoms with Gasteiger partial charge in [-0.1, -0.05) is 42.8 Å². The molecule has 0 atom stereocenters. The predicted octanol–water partition coefficient (Wildman–Crippen LogP) is 5.33. The molecule has 0 bridgehead atoms. The smallest absolute Gasteiger partial charge is 0.212 e. The SMILES string of the molecule is CCCOC(=NCC)C1=C(c2ccc(C)cc2)C(C)=CCC1. The number of aryl methyl sites for hydroxylation is 1. The molecule has 1 aromatic carbocycles. The van der Waals surface area contributed by atoms with Gasteiger partial charge in [-0.2, -0.15) is 0 Å². The quantitative estimate of drug-likeness (QED) is 0.531. The number of allylic oxidation sites excluding steroid dienone is 3. The Labute approximate surface area is 134 Å². The van der Waals surface area contributed by atoms with Crippen LogP contribution in [0.5, 0.6) is 0 Å². The van der Waals surface area contributed by atoms with Crippen LogP contribution in [0.3, 0.4) is 0 Å². The minimum atomic E-state index is 0.728. The lowest BCUT2D eigenvalue weighted by Crippen LogP contribution is -2.14. The monoisotopic (exact) mass is 297 g/mol. The lowest BCUT2D eigenvalue weighted by atomic mass is 9.86. The fourth-order valence-corrected chi connectivity index (χ4v) is 2.80. The average Bonchev–Trinajstić information content (AvgIpc) is 2.52. The molecule has 2 nitrogen and oxygen atoms in total. The summed E-state index contributed by atoms with van der Waals surface area (Å²) in [5.41, 5.74) is 6.44. The number of benzene rings is 1. The van der Waals surface area contributed by atoms with Gasteiger partial charge in [0.25, 0.3) is 0 Å². The van der Waals surface area contributed by atoms with Crippen LogP contribution in [0, 0.1) is 6.92 Å². The van der Waals surface area contributed by atoms with E-state index in [1.807, 2.05) is 0 Å². The van der Waals surface area contributed by atoms with Crippen molar-refractivity contribution < 1.29 is 4.74 Å². The Morgan fingerprint density at radius 2 is 1.86 bits per heavy atom. The zero-order chi connectivity index (χ0) is 15.9. The average molecular weight is 297 g/mol. The molecule has 22 heavy (non-hydrogen) atoms. The van der Waals surface area contributed by atoms with Crippen LogP contribution in [0.1, 0.15) is 51.2 Å². The third kappa shape index (κ3) is 3.88. The van der Waals surface area contributed by atoms with Crippen molar-refractivity contribution in [2.45, 2.75) is 47.0 Å². The zero-order valence-corrected chi connectivity index (χ0v) is 14.3. The van der Waals surface area contributed by atoms with Crippen molar-refractivity contribution >= 4 is 11.5 Å². The maximum atomic E-state index is 5.96. The lowest BCUT2D eigenvalue weighted by Gasteiger charge is -2.22. The summed E-state index contributed by atoms with van der Waals surface area (Å²) in [6, 6.07) is 8.75. The van der Waals surface area contributed by atoms with Crippen LogP contribution >= 0.6 is 0 Å². The highest BCUT2D eigenvalue weighted by Gasteiger charge is 2.20. The van der Waals surface area contributed by atoms with E-state index >= 15 is 0 Å². The maximum absolute atomic E-state index is 5.96. The first-order valence-corrected chi connectivity index (χ1v) is 8.32. The van der Waals surface area contributed by atoms with E-state index < -0.39 is 0 Å². The number of ether oxygens (including phenoxy) is 1. The molecule has 118 valence electrons. The first kappa shape index (κ1) is 16.5. The topological polar surface area (TPSA) is 21.6 Å². The lowest BCUT2D eigenvalue weighted by molar-refractivity contribution is 0.303. The van der Waals surface area contributed by atoms with E-state index in [4.69, 9.17) is 4.74 Å². The highest BCUT2D eigenvalue weighted by molar-refractivity contribution is 6.05. The van der Waals surface area contributed by atoms with E-state index in [2.05, 4.69) is 63.0 Å². The minimum absolute atomic E-state index is 0.728. The molecule has 0 saturated carbocycles. The molecule has 1 aromatic rings. The molecule has 1 aliphatic carbocycles. The Balaban J connectivity index is 2.49. The first-order valence-electron chi connectivity index (χ1n) is 8.32. The Bertz CT molecular complexity index is 591. The van der Waals surface area contributed by atoms with Crippen LogP contribution < -0.4 is 0 Å². The summed E-state index contributed by atoms with van der Waals surface area (Å²) >= 11 is 0. The number of nitrogens with zero attached hydrogens (tertiary/aromatic N) is 1. The summed E-state index contributed by atoms with van der Waals surface area (Å²) in [5, 5.41) is 0. The third-order valence-corrected chi connectivity index (χ3v) is 3.88. The van der Waals surface area contributed by atoms with Gasteiger partial charge >= 0.3 is 0 Å². The van der Waals surface area contributed by atoms with Crippen LogP contribution in [0.4, 0.5) is 0 Å². The van der Waals surface area contributed by atoms with E-state index in [0.29, 0.717) is 0 Å². The van der Waals surface area contributed by atoms with Gasteiger partial charge < -0.3 is 4.74 Å². The van der Waals surface area contributed by atoms with Gasteiger partial charge in [-0.05, 0) is 56.7 Å². The molecule has 0 unspecified atom stereocenters. The van der Waals surface area contributed by atoms with Crippen LogP contribution in [0.25, 0.3) is 5.57 Å². The molecule has 2 rings (SSSR count). The van der Waals surface area contributed by atoms with Gasteiger partial charge in [0.1, 0.15) is 0 Å². The Morgan fingerprint density at radius 1 is 1.14 bits per heavy atom. The number of aliphatic imine (C=N–C) groups is 1. The summed E-state index contributed by atoms with van der Waals surface area (Å²) in [4.78, 5) is 4.62. The van der Waals surface area contributed by atoms with Crippen LogP contribution in [0.2, 0.25) is 0 Å². The molecule has 2 heteroatoms. The van der Waals surface area contributed by atoms with E-state index in [-0.39, 0.29) is 0 Å². The van der Waals surface area contributed by atoms with Gasteiger partial charge in [0.05, 0.1) is 6.61 Å². The largest absolute Gasteiger partial charge is 0.478 e. The second-order valence-corrected chi connectivity index (χ2v) is 5.77. The Kier molecular flexibility index (Phi) is 6.00. The Morgan fingerprint density at radius 3 is 2.50 bits per heavy atom. The standard InChI is InChI=1S/C20H27NO/c1-5-14-22-20(21-6-2)18-9-7-8-16(4)19(18)17-12-10-15(3)11-13-17/h8,10-13H,5-7,9,14H2,1-4H3. The third-order valence-electron chi connectivity index (χ3n) is 3.88. The van der Waals surface area contributed by atoms with Crippen LogP contribution in [-0.4, -0.2) is 19.0 Å². The number of hydrogen-bond acceptors (Lipinski definition) is 2. The normalized spacial score (nSPS) is 15.8. The molecule has 1 aliphatic rings. The van der Waals surface area contributed by atoms with E-state index in [0.717, 1.165) is 38.3 Å². The van der Waals surface area contributed by atoms with Crippen molar-refractivity contribution in [1.29, 1.82) is 0 Å². The predicted molar refractivity (Wildman–Crippen MR) is 95.3 cm³/mol. The summed E-state index contributed by atoms with van der Waals surface area (Å²) < 4.78 is 5.96. The molecule has 0 radical (unpaired) electrons. The minimum Gasteiger partial charge on any atom is -0.478 e. The molecule has 0 saturated heterocycles. The second-order valence-electron chi connectivity index (χ2n) is 5.77. The van der Waals surface area contributed by atoms with Gasteiger partial charge in [0.15, 0.2) is 0 Å². The summed E-state index contributed by atoms with van der Waals surface area (Å²) in [6.07, 6.45) is 5.39. The van der Waals surface area contributed by atoms with Gasteiger partial charge in [-0.25, -0.2) is 0 Å². The van der Waals surface area contributed by atoms with Crippen molar-refractivity contribution in [3.8, 4) is 0 Å². The van der Waals surface area contributed by atoms with E-state index in [1.54, 1.807) is 0 Å². The fraction of sp³-hybridized carbons (Fsp3) is 0.450. The highest BCUT2D eigenvalue weighted by Crippen LogP contribution is 2.34.